The molecule has 4 fully saturated rings. The maximum atomic E-state index is 5.81. The van der Waals surface area contributed by atoms with Crippen LogP contribution in [0.2, 0.25) is 0 Å². The summed E-state index contributed by atoms with van der Waals surface area (Å²) < 4.78 is 0.494. The van der Waals surface area contributed by atoms with Gasteiger partial charge in [-0.2, -0.15) is 0 Å². The number of halogens is 2. The zero-order valence-corrected chi connectivity index (χ0v) is 9.11. The van der Waals surface area contributed by atoms with E-state index in [1.807, 2.05) is 0 Å². The smallest absolute Gasteiger partial charge is 0.0712 e. The maximum Gasteiger partial charge on any atom is 0.103 e. The van der Waals surface area contributed by atoms with Crippen LogP contribution >= 0.6 is 23.2 Å². The highest BCUT2D eigenvalue weighted by molar-refractivity contribution is 6.55. The van der Waals surface area contributed by atoms with Crippen molar-refractivity contribution in [2.24, 2.45) is 23.2 Å². The van der Waals surface area contributed by atoms with Gasteiger partial charge in [-0.15, -0.1) is 0 Å². The SMILES string of the molecule is ClC(Cl)=CC12CC3CC(CC1C3)C2. The van der Waals surface area contributed by atoms with Crippen LogP contribution in [0.3, 0.4) is 0 Å². The fourth-order valence-corrected chi connectivity index (χ4v) is 4.75. The van der Waals surface area contributed by atoms with Crippen molar-refractivity contribution in [3.8, 4) is 0 Å². The molecule has 0 saturated heterocycles. The minimum atomic E-state index is 0.423. The molecule has 72 valence electrons. The van der Waals surface area contributed by atoms with Gasteiger partial charge in [-0.25, -0.2) is 0 Å². The fraction of sp³-hybridized carbons (Fsp3) is 0.818. The van der Waals surface area contributed by atoms with E-state index in [1.165, 1.54) is 32.1 Å². The lowest BCUT2D eigenvalue weighted by molar-refractivity contribution is 0.252. The summed E-state index contributed by atoms with van der Waals surface area (Å²) >= 11 is 11.6. The Kier molecular flexibility index (Phi) is 1.77. The molecule has 4 aliphatic carbocycles. The third-order valence-corrected chi connectivity index (χ3v) is 4.67. The van der Waals surface area contributed by atoms with E-state index in [0.717, 1.165) is 17.8 Å². The highest BCUT2D eigenvalue weighted by Gasteiger charge is 2.56. The van der Waals surface area contributed by atoms with E-state index in [-0.39, 0.29) is 0 Å². The molecule has 4 aliphatic rings. The first-order chi connectivity index (χ1) is 6.18. The molecule has 2 heteroatoms. The minimum Gasteiger partial charge on any atom is -0.0712 e. The first kappa shape index (κ1) is 8.61. The molecule has 13 heavy (non-hydrogen) atoms. The molecule has 0 nitrogen and oxygen atoms in total. The van der Waals surface area contributed by atoms with Gasteiger partial charge in [-0.3, -0.25) is 0 Å². The molecule has 2 unspecified atom stereocenters. The molecule has 0 heterocycles. The summed E-state index contributed by atoms with van der Waals surface area (Å²) in [5.74, 6) is 2.88. The van der Waals surface area contributed by atoms with Crippen LogP contribution in [0.5, 0.6) is 0 Å². The van der Waals surface area contributed by atoms with E-state index in [0.29, 0.717) is 9.91 Å². The van der Waals surface area contributed by atoms with Crippen molar-refractivity contribution in [2.75, 3.05) is 0 Å². The van der Waals surface area contributed by atoms with Gasteiger partial charge >= 0.3 is 0 Å². The molecule has 4 saturated carbocycles. The Morgan fingerprint density at radius 3 is 2.23 bits per heavy atom. The lowest BCUT2D eigenvalue weighted by Gasteiger charge is -2.29. The Balaban J connectivity index is 1.97. The monoisotopic (exact) mass is 216 g/mol. The molecule has 0 spiro atoms. The molecule has 0 aromatic heterocycles. The van der Waals surface area contributed by atoms with Crippen molar-refractivity contribution in [2.45, 2.75) is 32.1 Å². The summed E-state index contributed by atoms with van der Waals surface area (Å²) in [4.78, 5) is 0. The van der Waals surface area contributed by atoms with E-state index in [9.17, 15) is 0 Å². The van der Waals surface area contributed by atoms with Gasteiger partial charge in [0, 0.05) is 0 Å². The second-order valence-corrected chi connectivity index (χ2v) is 6.22. The molecule has 2 atom stereocenters. The molecule has 0 aromatic carbocycles. The Morgan fingerprint density at radius 1 is 1.08 bits per heavy atom. The summed E-state index contributed by atoms with van der Waals surface area (Å²) in [7, 11) is 0. The predicted octanol–water partition coefficient (Wildman–Crippen LogP) is 4.13. The first-order valence-corrected chi connectivity index (χ1v) is 5.97. The summed E-state index contributed by atoms with van der Waals surface area (Å²) in [6.07, 6.45) is 9.22. The minimum absolute atomic E-state index is 0.423. The van der Waals surface area contributed by atoms with Crippen LogP contribution in [0.15, 0.2) is 10.6 Å². The van der Waals surface area contributed by atoms with Crippen molar-refractivity contribution < 1.29 is 0 Å². The lowest BCUT2D eigenvalue weighted by atomic mass is 9.76. The number of hydrogen-bond donors (Lipinski definition) is 0. The standard InChI is InChI=1S/C11H14Cl2/c12-10(13)6-11-4-7-1-8(5-11)3-9(11)2-7/h6-9H,1-5H2. The first-order valence-electron chi connectivity index (χ1n) is 5.22. The summed E-state index contributed by atoms with van der Waals surface area (Å²) in [6.45, 7) is 0. The van der Waals surface area contributed by atoms with E-state index >= 15 is 0 Å². The topological polar surface area (TPSA) is 0 Å². The molecule has 0 N–H and O–H groups in total. The van der Waals surface area contributed by atoms with Crippen LogP contribution in [0.25, 0.3) is 0 Å². The van der Waals surface area contributed by atoms with Crippen molar-refractivity contribution in [3.05, 3.63) is 10.6 Å². The molecule has 4 bridgehead atoms. The van der Waals surface area contributed by atoms with Crippen molar-refractivity contribution in [3.63, 3.8) is 0 Å². The maximum absolute atomic E-state index is 5.81. The van der Waals surface area contributed by atoms with Gasteiger partial charge in [0.05, 0.1) is 0 Å². The van der Waals surface area contributed by atoms with Crippen molar-refractivity contribution in [1.29, 1.82) is 0 Å². The molecular formula is C11H14Cl2. The zero-order chi connectivity index (χ0) is 9.05. The van der Waals surface area contributed by atoms with Gasteiger partial charge in [0.25, 0.3) is 0 Å². The summed E-state index contributed by atoms with van der Waals surface area (Å²) in [5, 5.41) is 0. The lowest BCUT2D eigenvalue weighted by Crippen LogP contribution is -2.20. The van der Waals surface area contributed by atoms with E-state index in [2.05, 4.69) is 6.08 Å². The van der Waals surface area contributed by atoms with Gasteiger partial charge in [0.2, 0.25) is 0 Å². The molecule has 0 amide bonds. The fourth-order valence-electron chi connectivity index (χ4n) is 4.31. The van der Waals surface area contributed by atoms with Crippen molar-refractivity contribution >= 4 is 23.2 Å². The van der Waals surface area contributed by atoms with E-state index in [4.69, 9.17) is 23.2 Å². The highest BCUT2D eigenvalue weighted by atomic mass is 35.5. The quantitative estimate of drug-likeness (QED) is 0.619. The largest absolute Gasteiger partial charge is 0.103 e. The number of allylic oxidation sites excluding steroid dienone is 1. The zero-order valence-electron chi connectivity index (χ0n) is 7.60. The van der Waals surface area contributed by atoms with E-state index < -0.39 is 0 Å². The molecular weight excluding hydrogens is 203 g/mol. The van der Waals surface area contributed by atoms with Crippen LogP contribution in [-0.4, -0.2) is 0 Å². The van der Waals surface area contributed by atoms with E-state index in [1.54, 1.807) is 0 Å². The molecule has 0 aromatic rings. The van der Waals surface area contributed by atoms with Crippen LogP contribution < -0.4 is 0 Å². The van der Waals surface area contributed by atoms with Gasteiger partial charge in [-0.05, 0) is 61.3 Å². The average molecular weight is 217 g/mol. The Hall–Kier alpha value is 0.320. The summed E-state index contributed by atoms with van der Waals surface area (Å²) in [5.41, 5.74) is 0.423. The highest BCUT2D eigenvalue weighted by Crippen LogP contribution is 2.66. The van der Waals surface area contributed by atoms with Crippen LogP contribution in [-0.2, 0) is 0 Å². The predicted molar refractivity (Wildman–Crippen MR) is 55.8 cm³/mol. The van der Waals surface area contributed by atoms with Gasteiger partial charge in [-0.1, -0.05) is 23.2 Å². The Morgan fingerprint density at radius 2 is 1.69 bits per heavy atom. The normalized spacial score (nSPS) is 51.4. The van der Waals surface area contributed by atoms with Gasteiger partial charge < -0.3 is 0 Å². The number of hydrogen-bond acceptors (Lipinski definition) is 0. The average Bonchev–Trinajstić information content (AvgIpc) is 2.33. The van der Waals surface area contributed by atoms with Crippen molar-refractivity contribution in [1.82, 2.24) is 0 Å². The second-order valence-electron chi connectivity index (χ2n) is 5.21. The molecule has 0 aliphatic heterocycles. The van der Waals surface area contributed by atoms with Crippen LogP contribution in [0.1, 0.15) is 32.1 Å². The van der Waals surface area contributed by atoms with Gasteiger partial charge in [0.1, 0.15) is 4.49 Å². The Labute approximate surface area is 89.3 Å². The van der Waals surface area contributed by atoms with Crippen LogP contribution in [0.4, 0.5) is 0 Å². The third-order valence-electron chi connectivity index (χ3n) is 4.45. The second kappa shape index (κ2) is 2.67. The van der Waals surface area contributed by atoms with Gasteiger partial charge in [0.15, 0.2) is 0 Å². The third kappa shape index (κ3) is 1.18. The van der Waals surface area contributed by atoms with Crippen LogP contribution in [0, 0.1) is 23.2 Å². The Bertz CT molecular complexity index is 251. The molecule has 4 rings (SSSR count). The number of rotatable bonds is 1. The summed E-state index contributed by atoms with van der Waals surface area (Å²) in [6, 6.07) is 0. The molecule has 0 radical (unpaired) electrons.